The first kappa shape index (κ1) is 19.9. The zero-order valence-corrected chi connectivity index (χ0v) is 17.6. The molecule has 2 fully saturated rings. The van der Waals surface area contributed by atoms with Gasteiger partial charge >= 0.3 is 0 Å². The molecule has 2 heterocycles. The van der Waals surface area contributed by atoms with Crippen molar-refractivity contribution in [2.75, 3.05) is 29.6 Å². The minimum absolute atomic E-state index is 0.000883. The van der Waals surface area contributed by atoms with E-state index in [9.17, 15) is 13.2 Å². The Hall–Kier alpha value is -2.38. The third-order valence-corrected chi connectivity index (χ3v) is 7.46. The van der Waals surface area contributed by atoms with Gasteiger partial charge in [0.2, 0.25) is 5.91 Å². The number of benzene rings is 2. The van der Waals surface area contributed by atoms with E-state index >= 15 is 0 Å². The molecule has 0 N–H and O–H groups in total. The minimum Gasteiger partial charge on any atom is -0.494 e. The lowest BCUT2D eigenvalue weighted by atomic mass is 10.0. The predicted octanol–water partition coefficient (Wildman–Crippen LogP) is 2.41. The Morgan fingerprint density at radius 1 is 1.03 bits per heavy atom. The van der Waals surface area contributed by atoms with Gasteiger partial charge in [0.15, 0.2) is 9.84 Å². The average Bonchev–Trinajstić information content (AvgIpc) is 3.00. The standard InChI is InChI=1S/C22H26N2O4S/c1-3-28-19-10-8-18(9-11-19)24-21-15-29(26,27)14-20(21)23(13-22(24)25)12-17-7-5-4-6-16(17)2/h4-11,20-21H,3,12-15H2,1-2H3. The topological polar surface area (TPSA) is 66.9 Å². The normalized spacial score (nSPS) is 23.8. The number of amides is 1. The summed E-state index contributed by atoms with van der Waals surface area (Å²) in [6.07, 6.45) is 0. The van der Waals surface area contributed by atoms with Gasteiger partial charge in [-0.2, -0.15) is 0 Å². The highest BCUT2D eigenvalue weighted by Crippen LogP contribution is 2.33. The van der Waals surface area contributed by atoms with Crippen molar-refractivity contribution in [1.29, 1.82) is 0 Å². The molecule has 29 heavy (non-hydrogen) atoms. The number of hydrogen-bond acceptors (Lipinski definition) is 5. The minimum atomic E-state index is -3.21. The van der Waals surface area contributed by atoms with Gasteiger partial charge < -0.3 is 9.64 Å². The number of rotatable bonds is 5. The van der Waals surface area contributed by atoms with Gasteiger partial charge in [-0.3, -0.25) is 9.69 Å². The third kappa shape index (κ3) is 4.02. The molecule has 4 rings (SSSR count). The zero-order valence-electron chi connectivity index (χ0n) is 16.7. The van der Waals surface area contributed by atoms with E-state index in [1.807, 2.05) is 67.3 Å². The van der Waals surface area contributed by atoms with Crippen molar-refractivity contribution in [1.82, 2.24) is 4.90 Å². The molecule has 2 aliphatic rings. The molecule has 0 bridgehead atoms. The van der Waals surface area contributed by atoms with E-state index < -0.39 is 9.84 Å². The molecule has 0 saturated carbocycles. The van der Waals surface area contributed by atoms with E-state index in [-0.39, 0.29) is 36.0 Å². The van der Waals surface area contributed by atoms with Crippen LogP contribution in [0.4, 0.5) is 5.69 Å². The Morgan fingerprint density at radius 3 is 2.41 bits per heavy atom. The van der Waals surface area contributed by atoms with Crippen molar-refractivity contribution in [2.45, 2.75) is 32.5 Å². The Labute approximate surface area is 172 Å². The van der Waals surface area contributed by atoms with E-state index in [0.29, 0.717) is 13.2 Å². The first-order valence-corrected chi connectivity index (χ1v) is 11.7. The van der Waals surface area contributed by atoms with Crippen LogP contribution in [-0.4, -0.2) is 56.0 Å². The lowest BCUT2D eigenvalue weighted by Crippen LogP contribution is -2.61. The fourth-order valence-corrected chi connectivity index (χ4v) is 6.32. The molecule has 0 aromatic heterocycles. The van der Waals surface area contributed by atoms with Crippen LogP contribution in [0.5, 0.6) is 5.75 Å². The first-order chi connectivity index (χ1) is 13.9. The number of ether oxygens (including phenoxy) is 1. The number of sulfone groups is 1. The molecule has 2 aliphatic heterocycles. The zero-order chi connectivity index (χ0) is 20.6. The molecule has 2 saturated heterocycles. The molecular weight excluding hydrogens is 388 g/mol. The molecule has 6 nitrogen and oxygen atoms in total. The summed E-state index contributed by atoms with van der Waals surface area (Å²) in [5.74, 6) is 0.754. The van der Waals surface area contributed by atoms with E-state index in [2.05, 4.69) is 0 Å². The fourth-order valence-electron chi connectivity index (χ4n) is 4.34. The summed E-state index contributed by atoms with van der Waals surface area (Å²) in [5, 5.41) is 0. The monoisotopic (exact) mass is 414 g/mol. The second kappa shape index (κ2) is 7.80. The SMILES string of the molecule is CCOc1ccc(N2C(=O)CN(Cc3ccccc3C)C3CS(=O)(=O)CC32)cc1. The molecule has 2 unspecified atom stereocenters. The van der Waals surface area contributed by atoms with Crippen LogP contribution in [0, 0.1) is 6.92 Å². The maximum atomic E-state index is 13.1. The second-order valence-corrected chi connectivity index (χ2v) is 9.89. The number of piperazine rings is 1. The molecular formula is C22H26N2O4S. The number of carbonyl (C=O) groups is 1. The van der Waals surface area contributed by atoms with Gasteiger partial charge in [-0.1, -0.05) is 24.3 Å². The molecule has 2 aromatic rings. The molecule has 1 amide bonds. The smallest absolute Gasteiger partial charge is 0.241 e. The molecule has 0 aliphatic carbocycles. The van der Waals surface area contributed by atoms with Gasteiger partial charge in [0.05, 0.1) is 30.7 Å². The quantitative estimate of drug-likeness (QED) is 0.752. The number of nitrogens with zero attached hydrogens (tertiary/aromatic N) is 2. The van der Waals surface area contributed by atoms with Crippen LogP contribution >= 0.6 is 0 Å². The van der Waals surface area contributed by atoms with Gasteiger partial charge in [-0.05, 0) is 49.2 Å². The molecule has 0 radical (unpaired) electrons. The Morgan fingerprint density at radius 2 is 1.72 bits per heavy atom. The number of carbonyl (C=O) groups excluding carboxylic acids is 1. The van der Waals surface area contributed by atoms with Crippen LogP contribution in [0.25, 0.3) is 0 Å². The summed E-state index contributed by atoms with van der Waals surface area (Å²) in [5.41, 5.74) is 2.99. The van der Waals surface area contributed by atoms with Crippen molar-refractivity contribution < 1.29 is 17.9 Å². The Bertz CT molecular complexity index is 1000. The van der Waals surface area contributed by atoms with Crippen LogP contribution in [0.2, 0.25) is 0 Å². The largest absolute Gasteiger partial charge is 0.494 e. The van der Waals surface area contributed by atoms with Crippen molar-refractivity contribution in [3.63, 3.8) is 0 Å². The summed E-state index contributed by atoms with van der Waals surface area (Å²) >= 11 is 0. The highest BCUT2D eigenvalue weighted by Gasteiger charge is 2.49. The third-order valence-electron chi connectivity index (χ3n) is 5.76. The highest BCUT2D eigenvalue weighted by molar-refractivity contribution is 7.91. The Kier molecular flexibility index (Phi) is 5.36. The van der Waals surface area contributed by atoms with Gasteiger partial charge in [-0.25, -0.2) is 8.42 Å². The van der Waals surface area contributed by atoms with Gasteiger partial charge in [0.1, 0.15) is 5.75 Å². The predicted molar refractivity (Wildman–Crippen MR) is 113 cm³/mol. The molecule has 0 spiro atoms. The summed E-state index contributed by atoms with van der Waals surface area (Å²) < 4.78 is 30.5. The van der Waals surface area contributed by atoms with Crippen LogP contribution in [0.1, 0.15) is 18.1 Å². The van der Waals surface area contributed by atoms with Crippen molar-refractivity contribution in [2.24, 2.45) is 0 Å². The van der Waals surface area contributed by atoms with E-state index in [1.54, 1.807) is 4.90 Å². The highest BCUT2D eigenvalue weighted by atomic mass is 32.2. The van der Waals surface area contributed by atoms with Crippen molar-refractivity contribution in [3.8, 4) is 5.75 Å². The van der Waals surface area contributed by atoms with Gasteiger partial charge in [-0.15, -0.1) is 0 Å². The molecule has 154 valence electrons. The van der Waals surface area contributed by atoms with Crippen molar-refractivity contribution in [3.05, 3.63) is 59.7 Å². The van der Waals surface area contributed by atoms with Gasteiger partial charge in [0.25, 0.3) is 0 Å². The van der Waals surface area contributed by atoms with Crippen molar-refractivity contribution >= 4 is 21.4 Å². The Balaban J connectivity index is 1.64. The maximum absolute atomic E-state index is 13.1. The number of hydrogen-bond donors (Lipinski definition) is 0. The molecule has 2 aromatic carbocycles. The fraction of sp³-hybridized carbons (Fsp3) is 0.409. The van der Waals surface area contributed by atoms with E-state index in [1.165, 1.54) is 0 Å². The summed E-state index contributed by atoms with van der Waals surface area (Å²) in [6, 6.07) is 14.8. The lowest BCUT2D eigenvalue weighted by molar-refractivity contribution is -0.123. The number of aryl methyl sites for hydroxylation is 1. The number of anilines is 1. The van der Waals surface area contributed by atoms with E-state index in [4.69, 9.17) is 4.74 Å². The summed E-state index contributed by atoms with van der Waals surface area (Å²) in [7, 11) is -3.21. The van der Waals surface area contributed by atoms with Crippen LogP contribution in [-0.2, 0) is 21.2 Å². The van der Waals surface area contributed by atoms with E-state index in [0.717, 1.165) is 22.6 Å². The number of fused-ring (bicyclic) bond motifs is 1. The molecule has 7 heteroatoms. The average molecular weight is 415 g/mol. The second-order valence-electron chi connectivity index (χ2n) is 7.73. The summed E-state index contributed by atoms with van der Waals surface area (Å²) in [6.45, 7) is 5.30. The summed E-state index contributed by atoms with van der Waals surface area (Å²) in [4.78, 5) is 16.8. The lowest BCUT2D eigenvalue weighted by Gasteiger charge is -2.43. The van der Waals surface area contributed by atoms with Crippen LogP contribution in [0.3, 0.4) is 0 Å². The molecule has 2 atom stereocenters. The van der Waals surface area contributed by atoms with Crippen LogP contribution in [0.15, 0.2) is 48.5 Å². The maximum Gasteiger partial charge on any atom is 0.241 e. The van der Waals surface area contributed by atoms with Gasteiger partial charge in [0, 0.05) is 18.3 Å². The first-order valence-electron chi connectivity index (χ1n) is 9.92. The van der Waals surface area contributed by atoms with Crippen LogP contribution < -0.4 is 9.64 Å².